The van der Waals surface area contributed by atoms with E-state index in [4.69, 9.17) is 15.2 Å². The Morgan fingerprint density at radius 2 is 1.83 bits per heavy atom. The number of aliphatic hydroxyl groups excluding tert-OH is 1. The van der Waals surface area contributed by atoms with Crippen molar-refractivity contribution in [3.8, 4) is 0 Å². The van der Waals surface area contributed by atoms with Crippen molar-refractivity contribution in [2.45, 2.75) is 96.2 Å². The molecule has 9 heteroatoms. The number of ketones is 2. The molecule has 250 valence electrons. The maximum Gasteiger partial charge on any atom is 0.350 e. The van der Waals surface area contributed by atoms with E-state index in [9.17, 15) is 19.5 Å². The Balaban J connectivity index is 1.47. The van der Waals surface area contributed by atoms with E-state index in [0.717, 1.165) is 57.1 Å². The Morgan fingerprint density at radius 3 is 2.48 bits per heavy atom. The first-order valence-corrected chi connectivity index (χ1v) is 17.1. The second-order valence-corrected chi connectivity index (χ2v) is 13.6. The molecular formula is C37H51N3O6. The fourth-order valence-electron chi connectivity index (χ4n) is 7.88. The molecule has 3 atom stereocenters. The van der Waals surface area contributed by atoms with Crippen LogP contribution in [0.3, 0.4) is 0 Å². The molecular weight excluding hydrogens is 582 g/mol. The zero-order chi connectivity index (χ0) is 33.0. The third kappa shape index (κ3) is 6.21. The molecule has 2 aliphatic heterocycles. The Morgan fingerprint density at radius 1 is 1.11 bits per heavy atom. The molecule has 9 nitrogen and oxygen atoms in total. The van der Waals surface area contributed by atoms with Gasteiger partial charge in [-0.25, -0.2) is 4.79 Å². The van der Waals surface area contributed by atoms with Crippen LogP contribution < -0.4 is 16.4 Å². The number of esters is 1. The lowest BCUT2D eigenvalue weighted by molar-refractivity contribution is -0.149. The van der Waals surface area contributed by atoms with Gasteiger partial charge >= 0.3 is 5.97 Å². The number of Topliss-reactive ketones (excluding diaryl/α,β-unsaturated/α-hetero) is 2. The molecule has 0 radical (unpaired) electrons. The number of carbonyl (C=O) groups is 3. The number of hydrogen-bond donors (Lipinski definition) is 4. The highest BCUT2D eigenvalue weighted by atomic mass is 16.7. The summed E-state index contributed by atoms with van der Waals surface area (Å²) >= 11 is 0. The van der Waals surface area contributed by atoms with E-state index in [1.165, 1.54) is 12.0 Å². The molecule has 1 aromatic rings. The summed E-state index contributed by atoms with van der Waals surface area (Å²) in [6.07, 6.45) is 13.1. The first kappa shape index (κ1) is 34.1. The summed E-state index contributed by atoms with van der Waals surface area (Å²) in [4.78, 5) is 42.3. The van der Waals surface area contributed by atoms with Crippen molar-refractivity contribution in [3.63, 3.8) is 0 Å². The number of nitrogens with one attached hydrogen (secondary N) is 2. The lowest BCUT2D eigenvalue weighted by Crippen LogP contribution is -2.51. The van der Waals surface area contributed by atoms with Crippen molar-refractivity contribution in [3.05, 3.63) is 70.1 Å². The van der Waals surface area contributed by atoms with Crippen LogP contribution in [-0.4, -0.2) is 66.7 Å². The predicted molar refractivity (Wildman–Crippen MR) is 177 cm³/mol. The molecule has 1 aromatic carbocycles. The minimum Gasteiger partial charge on any atom is -0.463 e. The van der Waals surface area contributed by atoms with Gasteiger partial charge in [-0.15, -0.1) is 0 Å². The molecule has 0 spiro atoms. The largest absolute Gasteiger partial charge is 0.463 e. The third-order valence-electron chi connectivity index (χ3n) is 10.6. The summed E-state index contributed by atoms with van der Waals surface area (Å²) in [5, 5.41) is 17.2. The van der Waals surface area contributed by atoms with Gasteiger partial charge in [-0.05, 0) is 61.8 Å². The average molecular weight is 634 g/mol. The smallest absolute Gasteiger partial charge is 0.350 e. The molecule has 0 amide bonds. The SMILES string of the molecule is CCCC[C@H](CNCC)COC(=O)[C@]12O[C@@]1(C/C(CO)=C(\C)CC1(C3=CCNC(N)=C3)CCCCC1)C(=O)c1ccccc1C2=O. The average Bonchev–Trinajstić information content (AvgIpc) is 3.77. The lowest BCUT2D eigenvalue weighted by Gasteiger charge is -2.41. The Bertz CT molecular complexity index is 1420. The fraction of sp³-hybridized carbons (Fsp3) is 0.595. The van der Waals surface area contributed by atoms with Crippen LogP contribution in [0, 0.1) is 11.3 Å². The number of hydrogen-bond acceptors (Lipinski definition) is 9. The second kappa shape index (κ2) is 14.2. The molecule has 1 saturated heterocycles. The number of allylic oxidation sites excluding steroid dienone is 3. The van der Waals surface area contributed by atoms with Crippen LogP contribution >= 0.6 is 0 Å². The number of fused-ring (bicyclic) bond motifs is 2. The van der Waals surface area contributed by atoms with Crippen LogP contribution in [0.4, 0.5) is 0 Å². The number of epoxide rings is 1. The van der Waals surface area contributed by atoms with Gasteiger partial charge in [0.05, 0.1) is 19.0 Å². The van der Waals surface area contributed by atoms with Crippen LogP contribution in [0.5, 0.6) is 0 Å². The molecule has 1 saturated carbocycles. The predicted octanol–water partition coefficient (Wildman–Crippen LogP) is 4.90. The van der Waals surface area contributed by atoms with Crippen LogP contribution in [0.2, 0.25) is 0 Å². The molecule has 2 aliphatic carbocycles. The Hall–Kier alpha value is -3.27. The number of carbonyl (C=O) groups excluding carboxylic acids is 3. The van der Waals surface area contributed by atoms with Gasteiger partial charge < -0.3 is 30.9 Å². The highest BCUT2D eigenvalue weighted by molar-refractivity contribution is 6.32. The van der Waals surface area contributed by atoms with E-state index in [2.05, 4.69) is 23.6 Å². The number of ether oxygens (including phenoxy) is 2. The van der Waals surface area contributed by atoms with Gasteiger partial charge in [0.1, 0.15) is 0 Å². The van der Waals surface area contributed by atoms with Crippen molar-refractivity contribution in [1.82, 2.24) is 10.6 Å². The van der Waals surface area contributed by atoms with Gasteiger partial charge in [-0.1, -0.05) is 81.9 Å². The number of benzene rings is 1. The van der Waals surface area contributed by atoms with Crippen molar-refractivity contribution in [2.75, 3.05) is 32.8 Å². The Labute approximate surface area is 273 Å². The first-order chi connectivity index (χ1) is 22.2. The molecule has 0 aromatic heterocycles. The van der Waals surface area contributed by atoms with Crippen LogP contribution in [0.25, 0.3) is 0 Å². The topological polar surface area (TPSA) is 143 Å². The van der Waals surface area contributed by atoms with Crippen LogP contribution in [0.1, 0.15) is 106 Å². The minimum absolute atomic E-state index is 0.0609. The molecule has 5 rings (SSSR count). The van der Waals surface area contributed by atoms with E-state index >= 15 is 0 Å². The van der Waals surface area contributed by atoms with Gasteiger partial charge in [0.25, 0.3) is 5.60 Å². The van der Waals surface area contributed by atoms with Crippen molar-refractivity contribution >= 4 is 17.5 Å². The van der Waals surface area contributed by atoms with Crippen molar-refractivity contribution < 1.29 is 29.0 Å². The molecule has 5 N–H and O–H groups in total. The standard InChI is InChI=1S/C37H51N3O6/c1-4-6-12-26(22-39-5-2)24-45-34(44)37-33(43)30-14-9-8-13-29(30)32(42)36(37,46-37)21-27(23-41)25(3)20-35(16-10-7-11-17-35)28-15-18-40-31(38)19-28/h8-9,13-15,19,26,39-41H,4-7,10-12,16-18,20-24,38H2,1-3H3/b27-25-/t26-,36+,37+/m1/s1. The molecule has 4 aliphatic rings. The molecule has 2 fully saturated rings. The zero-order valence-electron chi connectivity index (χ0n) is 27.7. The van der Waals surface area contributed by atoms with E-state index in [-0.39, 0.29) is 42.1 Å². The molecule has 46 heavy (non-hydrogen) atoms. The van der Waals surface area contributed by atoms with Crippen LogP contribution in [-0.2, 0) is 14.3 Å². The van der Waals surface area contributed by atoms with E-state index in [0.29, 0.717) is 30.9 Å². The first-order valence-electron chi connectivity index (χ1n) is 17.1. The monoisotopic (exact) mass is 633 g/mol. The number of nitrogens with two attached hydrogens (primary N) is 1. The number of rotatable bonds is 15. The molecule has 0 bridgehead atoms. The summed E-state index contributed by atoms with van der Waals surface area (Å²) in [6, 6.07) is 6.56. The highest BCUT2D eigenvalue weighted by Crippen LogP contribution is 2.60. The fourth-order valence-corrected chi connectivity index (χ4v) is 7.88. The quantitative estimate of drug-likeness (QED) is 0.0918. The lowest BCUT2D eigenvalue weighted by atomic mass is 9.64. The summed E-state index contributed by atoms with van der Waals surface area (Å²) < 4.78 is 12.0. The van der Waals surface area contributed by atoms with Gasteiger partial charge in [0.2, 0.25) is 5.78 Å². The second-order valence-electron chi connectivity index (χ2n) is 13.6. The van der Waals surface area contributed by atoms with Gasteiger partial charge in [-0.2, -0.15) is 0 Å². The number of dihydropyridines is 1. The summed E-state index contributed by atoms with van der Waals surface area (Å²) in [5.74, 6) is -1.07. The van der Waals surface area contributed by atoms with Crippen LogP contribution in [0.15, 0.2) is 59.0 Å². The van der Waals surface area contributed by atoms with Crippen molar-refractivity contribution in [1.29, 1.82) is 0 Å². The van der Waals surface area contributed by atoms with Gasteiger partial charge in [0.15, 0.2) is 11.4 Å². The molecule has 0 unspecified atom stereocenters. The van der Waals surface area contributed by atoms with E-state index < -0.39 is 28.7 Å². The summed E-state index contributed by atoms with van der Waals surface area (Å²) in [6.45, 7) is 8.08. The number of aliphatic hydroxyl groups is 1. The minimum atomic E-state index is -2.07. The highest BCUT2D eigenvalue weighted by Gasteiger charge is 2.85. The molecule has 2 heterocycles. The Kier molecular flexibility index (Phi) is 10.5. The third-order valence-corrected chi connectivity index (χ3v) is 10.6. The maximum absolute atomic E-state index is 14.2. The summed E-state index contributed by atoms with van der Waals surface area (Å²) in [7, 11) is 0. The van der Waals surface area contributed by atoms with Gasteiger partial charge in [0, 0.05) is 36.6 Å². The van der Waals surface area contributed by atoms with Crippen molar-refractivity contribution in [2.24, 2.45) is 17.1 Å². The van der Waals surface area contributed by atoms with E-state index in [1.807, 2.05) is 19.9 Å². The number of unbranched alkanes of at least 4 members (excludes halogenated alkanes) is 1. The normalized spacial score (nSPS) is 26.1. The zero-order valence-corrected chi connectivity index (χ0v) is 27.7. The van der Waals surface area contributed by atoms with E-state index in [1.54, 1.807) is 24.3 Å². The maximum atomic E-state index is 14.2. The summed E-state index contributed by atoms with van der Waals surface area (Å²) in [5.41, 5.74) is 5.37. The van der Waals surface area contributed by atoms with Gasteiger partial charge in [-0.3, -0.25) is 9.59 Å².